The summed E-state index contributed by atoms with van der Waals surface area (Å²) in [6.07, 6.45) is 5.60. The molecular formula is C31H29N3OS. The molecule has 36 heavy (non-hydrogen) atoms. The summed E-state index contributed by atoms with van der Waals surface area (Å²) in [5.74, 6) is 0.853. The van der Waals surface area contributed by atoms with Gasteiger partial charge in [-0.25, -0.2) is 0 Å². The molecule has 4 nitrogen and oxygen atoms in total. The molecule has 0 fully saturated rings. The molecule has 0 spiro atoms. The number of nitrogens with zero attached hydrogens (tertiary/aromatic N) is 2. The number of benzene rings is 3. The SMILES string of the molecule is COc1ccc(-c2c3c4n(c(-c5ccc(C)cc5)cn4c2C(=S)Nc2ccccc2)CCCC3)cc1. The van der Waals surface area contributed by atoms with Crippen molar-refractivity contribution < 1.29 is 4.74 Å². The first-order chi connectivity index (χ1) is 17.6. The number of hydrogen-bond acceptors (Lipinski definition) is 2. The summed E-state index contributed by atoms with van der Waals surface area (Å²) < 4.78 is 10.3. The van der Waals surface area contributed by atoms with Crippen LogP contribution in [0.15, 0.2) is 85.1 Å². The van der Waals surface area contributed by atoms with Gasteiger partial charge in [-0.2, -0.15) is 0 Å². The highest BCUT2D eigenvalue weighted by molar-refractivity contribution is 7.81. The number of ether oxygens (including phenoxy) is 1. The van der Waals surface area contributed by atoms with E-state index in [-0.39, 0.29) is 0 Å². The molecule has 0 atom stereocenters. The standard InChI is InChI=1S/C31H29N3OS/c1-21-11-13-22(14-12-21)27-20-34-29(30(36)32-24-8-4-3-5-9-24)28(23-15-17-25(35-2)18-16-23)26-10-6-7-19-33(27)31(26)34/h3-5,8-9,11-18,20H,6-7,10,19H2,1-2H3,(H,32,36). The lowest BCUT2D eigenvalue weighted by Crippen LogP contribution is -2.14. The van der Waals surface area contributed by atoms with Gasteiger partial charge < -0.3 is 14.6 Å². The molecule has 6 rings (SSSR count). The van der Waals surface area contributed by atoms with Crippen LogP contribution in [-0.4, -0.2) is 21.1 Å². The van der Waals surface area contributed by atoms with Crippen molar-refractivity contribution in [3.8, 4) is 28.1 Å². The lowest BCUT2D eigenvalue weighted by atomic mass is 9.97. The average Bonchev–Trinajstić information content (AvgIpc) is 3.32. The van der Waals surface area contributed by atoms with Gasteiger partial charge in [0.05, 0.1) is 18.5 Å². The second-order valence-electron chi connectivity index (χ2n) is 9.43. The maximum atomic E-state index is 6.10. The molecule has 0 saturated carbocycles. The lowest BCUT2D eigenvalue weighted by molar-refractivity contribution is 0.415. The molecule has 0 aliphatic carbocycles. The third-order valence-electron chi connectivity index (χ3n) is 7.11. The van der Waals surface area contributed by atoms with Crippen LogP contribution in [0.4, 0.5) is 5.69 Å². The monoisotopic (exact) mass is 491 g/mol. The Morgan fingerprint density at radius 1 is 0.889 bits per heavy atom. The van der Waals surface area contributed by atoms with Gasteiger partial charge >= 0.3 is 0 Å². The predicted octanol–water partition coefficient (Wildman–Crippen LogP) is 7.52. The van der Waals surface area contributed by atoms with E-state index in [1.54, 1.807) is 7.11 Å². The van der Waals surface area contributed by atoms with Crippen molar-refractivity contribution in [2.45, 2.75) is 32.7 Å². The van der Waals surface area contributed by atoms with E-state index in [0.29, 0.717) is 0 Å². The third-order valence-corrected chi connectivity index (χ3v) is 7.40. The number of nitrogens with one attached hydrogen (secondary N) is 1. The third kappa shape index (κ3) is 3.90. The maximum Gasteiger partial charge on any atom is 0.128 e. The normalized spacial score (nSPS) is 12.9. The molecule has 1 N–H and O–H groups in total. The molecule has 0 amide bonds. The van der Waals surface area contributed by atoms with Crippen molar-refractivity contribution in [1.29, 1.82) is 0 Å². The summed E-state index contributed by atoms with van der Waals surface area (Å²) >= 11 is 6.10. The van der Waals surface area contributed by atoms with Crippen molar-refractivity contribution in [1.82, 2.24) is 8.97 Å². The average molecular weight is 492 g/mol. The highest BCUT2D eigenvalue weighted by atomic mass is 32.1. The number of thiocarbonyl (C=S) groups is 1. The van der Waals surface area contributed by atoms with Crippen LogP contribution in [0.5, 0.6) is 5.75 Å². The van der Waals surface area contributed by atoms with Gasteiger partial charge in [-0.05, 0) is 61.6 Å². The summed E-state index contributed by atoms with van der Waals surface area (Å²) in [4.78, 5) is 0.724. The van der Waals surface area contributed by atoms with Crippen LogP contribution < -0.4 is 10.1 Å². The van der Waals surface area contributed by atoms with Gasteiger partial charge in [0.1, 0.15) is 16.4 Å². The van der Waals surface area contributed by atoms with Crippen molar-refractivity contribution in [3.05, 3.63) is 102 Å². The lowest BCUT2D eigenvalue weighted by Gasteiger charge is -2.12. The Morgan fingerprint density at radius 2 is 1.61 bits per heavy atom. The quantitative estimate of drug-likeness (QED) is 0.258. The summed E-state index contributed by atoms with van der Waals surface area (Å²) in [5.41, 5.74) is 10.8. The van der Waals surface area contributed by atoms with Gasteiger partial charge in [-0.15, -0.1) is 0 Å². The van der Waals surface area contributed by atoms with Crippen molar-refractivity contribution >= 4 is 28.5 Å². The van der Waals surface area contributed by atoms with Crippen LogP contribution in [0.3, 0.4) is 0 Å². The largest absolute Gasteiger partial charge is 0.497 e. The molecule has 0 bridgehead atoms. The molecule has 0 radical (unpaired) electrons. The van der Waals surface area contributed by atoms with E-state index in [1.807, 2.05) is 30.3 Å². The number of imidazole rings is 1. The van der Waals surface area contributed by atoms with Crippen molar-refractivity contribution in [2.75, 3.05) is 12.4 Å². The minimum Gasteiger partial charge on any atom is -0.497 e. The Balaban J connectivity index is 1.60. The van der Waals surface area contributed by atoms with Crippen LogP contribution in [0.2, 0.25) is 0 Å². The van der Waals surface area contributed by atoms with Crippen LogP contribution in [-0.2, 0) is 13.0 Å². The van der Waals surface area contributed by atoms with E-state index in [9.17, 15) is 0 Å². The Labute approximate surface area is 217 Å². The molecule has 3 aromatic carbocycles. The number of hydrogen-bond donors (Lipinski definition) is 1. The van der Waals surface area contributed by atoms with Crippen LogP contribution in [0, 0.1) is 6.92 Å². The van der Waals surface area contributed by atoms with E-state index >= 15 is 0 Å². The van der Waals surface area contributed by atoms with Gasteiger partial charge in [0.2, 0.25) is 0 Å². The zero-order chi connectivity index (χ0) is 24.6. The van der Waals surface area contributed by atoms with E-state index in [2.05, 4.69) is 75.9 Å². The Morgan fingerprint density at radius 3 is 2.33 bits per heavy atom. The Bertz CT molecular complexity index is 1540. The van der Waals surface area contributed by atoms with E-state index in [4.69, 9.17) is 17.0 Å². The van der Waals surface area contributed by atoms with Gasteiger partial charge in [-0.3, -0.25) is 4.40 Å². The minimum absolute atomic E-state index is 0.724. The molecule has 5 aromatic rings. The minimum atomic E-state index is 0.724. The second kappa shape index (κ2) is 9.32. The van der Waals surface area contributed by atoms with Gasteiger partial charge in [-0.1, -0.05) is 72.4 Å². The van der Waals surface area contributed by atoms with Gasteiger partial charge in [0.25, 0.3) is 0 Å². The number of aromatic nitrogens is 2. The first-order valence-electron chi connectivity index (χ1n) is 12.5. The number of aryl methyl sites for hydroxylation is 3. The zero-order valence-corrected chi connectivity index (χ0v) is 21.4. The number of para-hydroxylation sites is 1. The van der Waals surface area contributed by atoms with E-state index < -0.39 is 0 Å². The molecule has 1 aliphatic rings. The van der Waals surface area contributed by atoms with Crippen molar-refractivity contribution in [3.63, 3.8) is 0 Å². The zero-order valence-electron chi connectivity index (χ0n) is 20.6. The van der Waals surface area contributed by atoms with E-state index in [1.165, 1.54) is 33.6 Å². The summed E-state index contributed by atoms with van der Waals surface area (Å²) in [6, 6.07) is 27.4. The first kappa shape index (κ1) is 22.6. The fourth-order valence-electron chi connectivity index (χ4n) is 5.34. The first-order valence-corrected chi connectivity index (χ1v) is 12.9. The molecule has 3 heterocycles. The fraction of sp³-hybridized carbons (Fsp3) is 0.194. The Hall–Kier alpha value is -3.83. The molecule has 5 heteroatoms. The fourth-order valence-corrected chi connectivity index (χ4v) is 5.66. The molecule has 2 aromatic heterocycles. The smallest absolute Gasteiger partial charge is 0.128 e. The predicted molar refractivity (Wildman–Crippen MR) is 152 cm³/mol. The maximum absolute atomic E-state index is 6.10. The summed E-state index contributed by atoms with van der Waals surface area (Å²) in [5, 5.41) is 3.51. The summed E-state index contributed by atoms with van der Waals surface area (Å²) in [6.45, 7) is 3.13. The molecular weight excluding hydrogens is 462 g/mol. The highest BCUT2D eigenvalue weighted by Gasteiger charge is 2.28. The van der Waals surface area contributed by atoms with Crippen LogP contribution in [0.25, 0.3) is 28.0 Å². The highest BCUT2D eigenvalue weighted by Crippen LogP contribution is 2.40. The van der Waals surface area contributed by atoms with Gasteiger partial charge in [0.15, 0.2) is 0 Å². The van der Waals surface area contributed by atoms with Gasteiger partial charge in [0, 0.05) is 29.6 Å². The molecule has 1 aliphatic heterocycles. The summed E-state index contributed by atoms with van der Waals surface area (Å²) in [7, 11) is 1.70. The number of anilines is 1. The van der Waals surface area contributed by atoms with Crippen LogP contribution in [0.1, 0.15) is 29.7 Å². The Kier molecular flexibility index (Phi) is 5.86. The molecule has 0 saturated heterocycles. The molecule has 180 valence electrons. The van der Waals surface area contributed by atoms with E-state index in [0.717, 1.165) is 53.5 Å². The topological polar surface area (TPSA) is 30.6 Å². The number of rotatable bonds is 5. The second-order valence-corrected chi connectivity index (χ2v) is 9.84. The van der Waals surface area contributed by atoms with Crippen LogP contribution >= 0.6 is 12.2 Å². The molecule has 0 unspecified atom stereocenters. The van der Waals surface area contributed by atoms with Crippen molar-refractivity contribution in [2.24, 2.45) is 0 Å². The number of methoxy groups -OCH3 is 1.